The molecule has 2 unspecified atom stereocenters. The largest absolute Gasteiger partial charge is 0.481 e. The van der Waals surface area contributed by atoms with Gasteiger partial charge in [-0.05, 0) is 18.4 Å². The van der Waals surface area contributed by atoms with E-state index in [-0.39, 0.29) is 17.6 Å². The van der Waals surface area contributed by atoms with E-state index in [1.807, 2.05) is 0 Å². The van der Waals surface area contributed by atoms with Crippen molar-refractivity contribution in [1.29, 1.82) is 0 Å². The molecule has 0 spiro atoms. The number of hydrogen-bond donors (Lipinski definition) is 1. The smallest absolute Gasteiger partial charge is 0.306 e. The van der Waals surface area contributed by atoms with Crippen LogP contribution >= 0.6 is 0 Å². The lowest BCUT2D eigenvalue weighted by Gasteiger charge is -2.19. The van der Waals surface area contributed by atoms with Gasteiger partial charge < -0.3 is 5.11 Å². The minimum atomic E-state index is -0.793. The molecule has 1 aliphatic carbocycles. The molecule has 66 valence electrons. The fourth-order valence-corrected chi connectivity index (χ4v) is 1.32. The van der Waals surface area contributed by atoms with Gasteiger partial charge in [0.05, 0.1) is 5.92 Å². The lowest BCUT2D eigenvalue weighted by Crippen LogP contribution is -2.22. The average molecular weight is 168 g/mol. The zero-order chi connectivity index (χ0) is 9.14. The zero-order valence-corrected chi connectivity index (χ0v) is 6.99. The Morgan fingerprint density at radius 1 is 1.75 bits per heavy atom. The van der Waals surface area contributed by atoms with E-state index in [4.69, 9.17) is 5.11 Å². The molecule has 0 aliphatic heterocycles. The molecule has 3 heteroatoms. The summed E-state index contributed by atoms with van der Waals surface area (Å²) >= 11 is 0. The molecule has 12 heavy (non-hydrogen) atoms. The number of carbonyl (C=O) groups is 2. The summed E-state index contributed by atoms with van der Waals surface area (Å²) in [6, 6.07) is 0. The molecule has 0 aromatic rings. The number of rotatable bonds is 2. The first-order valence-corrected chi connectivity index (χ1v) is 4.05. The summed E-state index contributed by atoms with van der Waals surface area (Å²) < 4.78 is 0. The van der Waals surface area contributed by atoms with Gasteiger partial charge in [-0.2, -0.15) is 0 Å². The van der Waals surface area contributed by atoms with E-state index in [0.717, 1.165) is 0 Å². The lowest BCUT2D eigenvalue weighted by atomic mass is 9.85. The highest BCUT2D eigenvalue weighted by atomic mass is 16.4. The quantitative estimate of drug-likeness (QED) is 0.675. The molecule has 0 aromatic heterocycles. The predicted octanol–water partition coefficient (Wildman–Crippen LogP) is 1.24. The topological polar surface area (TPSA) is 54.4 Å². The molecule has 0 saturated heterocycles. The van der Waals surface area contributed by atoms with Gasteiger partial charge in [0.1, 0.15) is 0 Å². The standard InChI is InChI=1S/C9H12O3/c1-6(9(11)12)7-2-4-8(10)5-3-7/h2,4,6-7H,3,5H2,1H3,(H,11,12). The zero-order valence-electron chi connectivity index (χ0n) is 6.99. The summed E-state index contributed by atoms with van der Waals surface area (Å²) in [4.78, 5) is 21.3. The molecule has 2 atom stereocenters. The van der Waals surface area contributed by atoms with Gasteiger partial charge >= 0.3 is 5.97 Å². The van der Waals surface area contributed by atoms with Crippen LogP contribution < -0.4 is 0 Å². The van der Waals surface area contributed by atoms with Crippen LogP contribution in [-0.2, 0) is 9.59 Å². The summed E-state index contributed by atoms with van der Waals surface area (Å²) in [6.45, 7) is 1.67. The first-order chi connectivity index (χ1) is 5.61. The Balaban J connectivity index is 2.60. The van der Waals surface area contributed by atoms with Crippen LogP contribution in [-0.4, -0.2) is 16.9 Å². The number of carbonyl (C=O) groups excluding carboxylic acids is 1. The van der Waals surface area contributed by atoms with Crippen LogP contribution in [0.15, 0.2) is 12.2 Å². The molecule has 0 radical (unpaired) electrons. The molecular formula is C9H12O3. The predicted molar refractivity (Wildman–Crippen MR) is 43.7 cm³/mol. The summed E-state index contributed by atoms with van der Waals surface area (Å²) in [5.41, 5.74) is 0. The average Bonchev–Trinajstić information content (AvgIpc) is 2.04. The minimum Gasteiger partial charge on any atom is -0.481 e. The van der Waals surface area contributed by atoms with Crippen LogP contribution in [0.3, 0.4) is 0 Å². The van der Waals surface area contributed by atoms with Crippen LogP contribution in [0, 0.1) is 11.8 Å². The Kier molecular flexibility index (Phi) is 2.63. The Bertz CT molecular complexity index is 230. The van der Waals surface area contributed by atoms with Crippen molar-refractivity contribution in [2.75, 3.05) is 0 Å². The second-order valence-electron chi connectivity index (χ2n) is 3.15. The van der Waals surface area contributed by atoms with Gasteiger partial charge in [0.15, 0.2) is 5.78 Å². The number of allylic oxidation sites excluding steroid dienone is 2. The molecule has 0 bridgehead atoms. The summed E-state index contributed by atoms with van der Waals surface area (Å²) in [6.07, 6.45) is 4.36. The van der Waals surface area contributed by atoms with Crippen molar-refractivity contribution in [3.63, 3.8) is 0 Å². The van der Waals surface area contributed by atoms with E-state index in [0.29, 0.717) is 12.8 Å². The Labute approximate surface area is 71.1 Å². The fourth-order valence-electron chi connectivity index (χ4n) is 1.32. The lowest BCUT2D eigenvalue weighted by molar-refractivity contribution is -0.142. The third-order valence-corrected chi connectivity index (χ3v) is 2.29. The molecule has 0 aromatic carbocycles. The molecular weight excluding hydrogens is 156 g/mol. The molecule has 1 N–H and O–H groups in total. The van der Waals surface area contributed by atoms with E-state index in [9.17, 15) is 9.59 Å². The van der Waals surface area contributed by atoms with E-state index < -0.39 is 5.97 Å². The van der Waals surface area contributed by atoms with Crippen molar-refractivity contribution in [2.45, 2.75) is 19.8 Å². The molecule has 0 saturated carbocycles. The second kappa shape index (κ2) is 3.52. The second-order valence-corrected chi connectivity index (χ2v) is 3.15. The molecule has 1 rings (SSSR count). The minimum absolute atomic E-state index is 0.0280. The van der Waals surface area contributed by atoms with Gasteiger partial charge in [-0.15, -0.1) is 0 Å². The van der Waals surface area contributed by atoms with E-state index in [1.165, 1.54) is 6.08 Å². The number of ketones is 1. The van der Waals surface area contributed by atoms with Gasteiger partial charge in [0.2, 0.25) is 0 Å². The monoisotopic (exact) mass is 168 g/mol. The van der Waals surface area contributed by atoms with Crippen LogP contribution in [0.1, 0.15) is 19.8 Å². The first-order valence-electron chi connectivity index (χ1n) is 4.05. The van der Waals surface area contributed by atoms with E-state index >= 15 is 0 Å². The SMILES string of the molecule is CC(C(=O)O)C1C=CC(=O)CC1. The normalized spacial score (nSPS) is 25.4. The number of aliphatic carboxylic acids is 1. The van der Waals surface area contributed by atoms with Crippen molar-refractivity contribution >= 4 is 11.8 Å². The third-order valence-electron chi connectivity index (χ3n) is 2.29. The number of hydrogen-bond acceptors (Lipinski definition) is 2. The molecule has 1 aliphatic rings. The maximum atomic E-state index is 10.8. The molecule has 0 amide bonds. The highest BCUT2D eigenvalue weighted by molar-refractivity contribution is 5.90. The Morgan fingerprint density at radius 3 is 2.83 bits per heavy atom. The van der Waals surface area contributed by atoms with Crippen LogP contribution in [0.2, 0.25) is 0 Å². The number of carboxylic acids is 1. The molecule has 0 fully saturated rings. The van der Waals surface area contributed by atoms with Crippen molar-refractivity contribution in [3.8, 4) is 0 Å². The third kappa shape index (κ3) is 1.94. The number of carboxylic acid groups (broad SMARTS) is 1. The Morgan fingerprint density at radius 2 is 2.42 bits per heavy atom. The van der Waals surface area contributed by atoms with Gasteiger partial charge in [-0.25, -0.2) is 0 Å². The fraction of sp³-hybridized carbons (Fsp3) is 0.556. The van der Waals surface area contributed by atoms with Gasteiger partial charge in [-0.1, -0.05) is 13.0 Å². The van der Waals surface area contributed by atoms with Gasteiger partial charge in [-0.3, -0.25) is 9.59 Å². The van der Waals surface area contributed by atoms with Gasteiger partial charge in [0, 0.05) is 6.42 Å². The van der Waals surface area contributed by atoms with Crippen LogP contribution in [0.5, 0.6) is 0 Å². The first kappa shape index (κ1) is 8.97. The summed E-state index contributed by atoms with van der Waals surface area (Å²) in [5.74, 6) is -1.04. The van der Waals surface area contributed by atoms with Crippen LogP contribution in [0.25, 0.3) is 0 Å². The van der Waals surface area contributed by atoms with Crippen molar-refractivity contribution in [1.82, 2.24) is 0 Å². The maximum absolute atomic E-state index is 10.8. The molecule has 3 nitrogen and oxygen atoms in total. The van der Waals surface area contributed by atoms with E-state index in [1.54, 1.807) is 13.0 Å². The van der Waals surface area contributed by atoms with Gasteiger partial charge in [0.25, 0.3) is 0 Å². The van der Waals surface area contributed by atoms with Crippen molar-refractivity contribution in [3.05, 3.63) is 12.2 Å². The highest BCUT2D eigenvalue weighted by Gasteiger charge is 2.23. The molecule has 0 heterocycles. The summed E-state index contributed by atoms with van der Waals surface area (Å²) in [5, 5.41) is 8.68. The van der Waals surface area contributed by atoms with Crippen molar-refractivity contribution in [2.24, 2.45) is 11.8 Å². The van der Waals surface area contributed by atoms with Crippen molar-refractivity contribution < 1.29 is 14.7 Å². The highest BCUT2D eigenvalue weighted by Crippen LogP contribution is 2.23. The summed E-state index contributed by atoms with van der Waals surface area (Å²) in [7, 11) is 0. The van der Waals surface area contributed by atoms with Crippen LogP contribution in [0.4, 0.5) is 0 Å². The maximum Gasteiger partial charge on any atom is 0.306 e. The Hall–Kier alpha value is -1.12. The van der Waals surface area contributed by atoms with E-state index in [2.05, 4.69) is 0 Å².